The van der Waals surface area contributed by atoms with Crippen LogP contribution in [0.4, 0.5) is 0 Å². The summed E-state index contributed by atoms with van der Waals surface area (Å²) >= 11 is 0. The summed E-state index contributed by atoms with van der Waals surface area (Å²) in [6.45, 7) is 4.96. The number of ether oxygens (including phenoxy) is 1. The van der Waals surface area contributed by atoms with Crippen LogP contribution >= 0.6 is 0 Å². The van der Waals surface area contributed by atoms with E-state index in [4.69, 9.17) is 4.74 Å². The van der Waals surface area contributed by atoms with E-state index in [9.17, 15) is 15.2 Å². The fourth-order valence-electron chi connectivity index (χ4n) is 4.16. The summed E-state index contributed by atoms with van der Waals surface area (Å²) < 4.78 is 7.70. The number of carboxylic acids is 1. The molecular formula is C20H22N2O3. The number of aromatic nitrogens is 1. The van der Waals surface area contributed by atoms with Gasteiger partial charge in [0.2, 0.25) is 0 Å². The Morgan fingerprint density at radius 1 is 1.36 bits per heavy atom. The SMILES string of the molecule is CC1(C)CC(c2ccc3c(C4(C#N)CC4)c(C(=O)O)cn3c2)CCO1. The largest absolute Gasteiger partial charge is 0.478 e. The van der Waals surface area contributed by atoms with E-state index in [1.807, 2.05) is 16.7 Å². The smallest absolute Gasteiger partial charge is 0.337 e. The minimum absolute atomic E-state index is 0.134. The molecule has 1 aliphatic carbocycles. The Morgan fingerprint density at radius 2 is 2.12 bits per heavy atom. The maximum atomic E-state index is 11.7. The molecule has 1 atom stereocenters. The Hall–Kier alpha value is -2.32. The van der Waals surface area contributed by atoms with E-state index in [0.717, 1.165) is 37.8 Å². The molecule has 2 aromatic heterocycles. The van der Waals surface area contributed by atoms with Crippen molar-refractivity contribution in [2.24, 2.45) is 0 Å². The average Bonchev–Trinajstić information content (AvgIpc) is 3.26. The molecule has 5 heteroatoms. The van der Waals surface area contributed by atoms with Crippen molar-refractivity contribution in [3.63, 3.8) is 0 Å². The third kappa shape index (κ3) is 2.61. The van der Waals surface area contributed by atoms with Crippen molar-refractivity contribution in [3.8, 4) is 6.07 Å². The molecule has 2 aromatic rings. The van der Waals surface area contributed by atoms with E-state index >= 15 is 0 Å². The molecule has 1 aliphatic heterocycles. The van der Waals surface area contributed by atoms with Gasteiger partial charge in [0.1, 0.15) is 0 Å². The van der Waals surface area contributed by atoms with Crippen molar-refractivity contribution >= 4 is 11.5 Å². The first-order valence-corrected chi connectivity index (χ1v) is 8.79. The predicted octanol–water partition coefficient (Wildman–Crippen LogP) is 3.87. The first kappa shape index (κ1) is 16.2. The highest BCUT2D eigenvalue weighted by Crippen LogP contribution is 2.51. The van der Waals surface area contributed by atoms with Gasteiger partial charge < -0.3 is 14.2 Å². The molecule has 1 saturated heterocycles. The molecule has 1 saturated carbocycles. The molecule has 3 heterocycles. The number of pyridine rings is 1. The molecule has 0 radical (unpaired) electrons. The van der Waals surface area contributed by atoms with Crippen LogP contribution in [0.2, 0.25) is 0 Å². The van der Waals surface area contributed by atoms with Crippen molar-refractivity contribution in [2.45, 2.75) is 56.5 Å². The summed E-state index contributed by atoms with van der Waals surface area (Å²) in [4.78, 5) is 11.7. The Bertz CT molecular complexity index is 900. The molecule has 1 N–H and O–H groups in total. The molecule has 25 heavy (non-hydrogen) atoms. The lowest BCUT2D eigenvalue weighted by Crippen LogP contribution is -2.33. The monoisotopic (exact) mass is 338 g/mol. The molecule has 4 rings (SSSR count). The van der Waals surface area contributed by atoms with Gasteiger partial charge in [0.15, 0.2) is 0 Å². The number of nitriles is 1. The number of aromatic carboxylic acids is 1. The molecule has 130 valence electrons. The maximum absolute atomic E-state index is 11.7. The minimum Gasteiger partial charge on any atom is -0.478 e. The zero-order valence-corrected chi connectivity index (χ0v) is 14.6. The number of fused-ring (bicyclic) bond motifs is 1. The van der Waals surface area contributed by atoms with Gasteiger partial charge >= 0.3 is 5.97 Å². The number of rotatable bonds is 3. The van der Waals surface area contributed by atoms with Crippen molar-refractivity contribution in [1.29, 1.82) is 5.26 Å². The lowest BCUT2D eigenvalue weighted by molar-refractivity contribution is -0.0593. The summed E-state index contributed by atoms with van der Waals surface area (Å²) in [6, 6.07) is 6.41. The summed E-state index contributed by atoms with van der Waals surface area (Å²) in [5.74, 6) is -0.563. The first-order valence-electron chi connectivity index (χ1n) is 8.79. The Kier molecular flexibility index (Phi) is 3.45. The van der Waals surface area contributed by atoms with Crippen LogP contribution in [0.5, 0.6) is 0 Å². The molecule has 0 spiro atoms. The van der Waals surface area contributed by atoms with Crippen LogP contribution in [0.25, 0.3) is 5.52 Å². The van der Waals surface area contributed by atoms with E-state index < -0.39 is 11.4 Å². The third-order valence-corrected chi connectivity index (χ3v) is 5.64. The Labute approximate surface area is 146 Å². The Balaban J connectivity index is 1.80. The molecular weight excluding hydrogens is 316 g/mol. The second-order valence-corrected chi connectivity index (χ2v) is 7.97. The van der Waals surface area contributed by atoms with Gasteiger partial charge in [-0.25, -0.2) is 4.79 Å². The highest BCUT2D eigenvalue weighted by atomic mass is 16.5. The average molecular weight is 338 g/mol. The normalized spacial score (nSPS) is 24.0. The molecule has 2 fully saturated rings. The van der Waals surface area contributed by atoms with Gasteiger partial charge in [-0.1, -0.05) is 6.07 Å². The fourth-order valence-corrected chi connectivity index (χ4v) is 4.16. The van der Waals surface area contributed by atoms with Gasteiger partial charge in [-0.15, -0.1) is 0 Å². The quantitative estimate of drug-likeness (QED) is 0.922. The molecule has 0 bridgehead atoms. The lowest BCUT2D eigenvalue weighted by atomic mass is 9.84. The van der Waals surface area contributed by atoms with Crippen LogP contribution in [0.15, 0.2) is 24.5 Å². The van der Waals surface area contributed by atoms with Crippen LogP contribution in [-0.2, 0) is 10.2 Å². The highest BCUT2D eigenvalue weighted by Gasteiger charge is 2.49. The minimum atomic E-state index is -0.964. The maximum Gasteiger partial charge on any atom is 0.337 e. The first-order chi connectivity index (χ1) is 11.9. The van der Waals surface area contributed by atoms with Crippen molar-refractivity contribution in [1.82, 2.24) is 4.40 Å². The standard InChI is InChI=1S/C20H22N2O3/c1-19(2)9-13(5-8-25-19)14-3-4-16-17(20(12-21)6-7-20)15(18(23)24)11-22(16)10-14/h3-4,10-11,13H,5-9H2,1-2H3,(H,23,24). The Morgan fingerprint density at radius 3 is 2.72 bits per heavy atom. The highest BCUT2D eigenvalue weighted by molar-refractivity contribution is 5.94. The second-order valence-electron chi connectivity index (χ2n) is 7.97. The number of hydrogen-bond donors (Lipinski definition) is 1. The van der Waals surface area contributed by atoms with Crippen LogP contribution < -0.4 is 0 Å². The number of carboxylic acid groups (broad SMARTS) is 1. The molecule has 2 aliphatic rings. The number of carbonyl (C=O) groups is 1. The zero-order chi connectivity index (χ0) is 17.8. The lowest BCUT2D eigenvalue weighted by Gasteiger charge is -2.35. The second kappa shape index (κ2) is 5.34. The summed E-state index contributed by atoms with van der Waals surface area (Å²) in [6.07, 6.45) is 7.08. The van der Waals surface area contributed by atoms with Gasteiger partial charge in [-0.2, -0.15) is 5.26 Å². The molecule has 1 unspecified atom stereocenters. The predicted molar refractivity (Wildman–Crippen MR) is 92.9 cm³/mol. The van der Waals surface area contributed by atoms with E-state index in [2.05, 4.69) is 26.0 Å². The van der Waals surface area contributed by atoms with Gasteiger partial charge in [-0.3, -0.25) is 0 Å². The molecule has 0 amide bonds. The van der Waals surface area contributed by atoms with Crippen LogP contribution in [0.1, 0.15) is 66.9 Å². The van der Waals surface area contributed by atoms with Crippen LogP contribution in [0.3, 0.4) is 0 Å². The van der Waals surface area contributed by atoms with Crippen molar-refractivity contribution in [3.05, 3.63) is 41.2 Å². The summed E-state index contributed by atoms with van der Waals surface area (Å²) in [5, 5.41) is 19.1. The van der Waals surface area contributed by atoms with Gasteiger partial charge in [0.05, 0.1) is 28.2 Å². The summed E-state index contributed by atoms with van der Waals surface area (Å²) in [7, 11) is 0. The van der Waals surface area contributed by atoms with Crippen LogP contribution in [0, 0.1) is 11.3 Å². The van der Waals surface area contributed by atoms with Gasteiger partial charge in [-0.05, 0) is 57.1 Å². The van der Waals surface area contributed by atoms with Gasteiger partial charge in [0.25, 0.3) is 0 Å². The fraction of sp³-hybridized carbons (Fsp3) is 0.500. The van der Waals surface area contributed by atoms with Crippen molar-refractivity contribution < 1.29 is 14.6 Å². The molecule has 5 nitrogen and oxygen atoms in total. The molecule has 0 aromatic carbocycles. The van der Waals surface area contributed by atoms with Gasteiger partial charge in [0, 0.05) is 24.6 Å². The van der Waals surface area contributed by atoms with E-state index in [1.165, 1.54) is 5.56 Å². The zero-order valence-electron chi connectivity index (χ0n) is 14.6. The summed E-state index contributed by atoms with van der Waals surface area (Å²) in [5.41, 5.74) is 2.22. The van der Waals surface area contributed by atoms with E-state index in [1.54, 1.807) is 6.20 Å². The number of nitrogens with zero attached hydrogens (tertiary/aromatic N) is 2. The topological polar surface area (TPSA) is 74.7 Å². The van der Waals surface area contributed by atoms with E-state index in [0.29, 0.717) is 11.5 Å². The third-order valence-electron chi connectivity index (χ3n) is 5.64. The number of hydrogen-bond acceptors (Lipinski definition) is 3. The van der Waals surface area contributed by atoms with E-state index in [-0.39, 0.29) is 11.2 Å². The van der Waals surface area contributed by atoms with Crippen molar-refractivity contribution in [2.75, 3.05) is 6.61 Å². The van der Waals surface area contributed by atoms with Crippen LogP contribution in [-0.4, -0.2) is 27.7 Å².